The minimum atomic E-state index is -3.66. The summed E-state index contributed by atoms with van der Waals surface area (Å²) in [5.74, 6) is 1.52. The Morgan fingerprint density at radius 3 is 2.55 bits per heavy atom. The molecule has 0 radical (unpaired) electrons. The van der Waals surface area contributed by atoms with E-state index in [1.165, 1.54) is 18.5 Å². The molecule has 2 heterocycles. The van der Waals surface area contributed by atoms with Crippen molar-refractivity contribution in [2.45, 2.75) is 17.9 Å². The third kappa shape index (κ3) is 6.16. The second-order valence-electron chi connectivity index (χ2n) is 7.17. The molecule has 1 amide bonds. The zero-order chi connectivity index (χ0) is 22.3. The number of pyridine rings is 1. The van der Waals surface area contributed by atoms with Gasteiger partial charge >= 0.3 is 0 Å². The number of nitrogens with one attached hydrogen (secondary N) is 1. The molecule has 1 aliphatic heterocycles. The Hall–Kier alpha value is -2.69. The van der Waals surface area contributed by atoms with Gasteiger partial charge in [0.25, 0.3) is 0 Å². The third-order valence-corrected chi connectivity index (χ3v) is 6.63. The van der Waals surface area contributed by atoms with Crippen molar-refractivity contribution < 1.29 is 22.7 Å². The molecule has 1 aromatic heterocycles. The van der Waals surface area contributed by atoms with Crippen LogP contribution in [0.25, 0.3) is 0 Å². The van der Waals surface area contributed by atoms with Gasteiger partial charge in [0.1, 0.15) is 16.4 Å². The highest BCUT2D eigenvalue weighted by atomic mass is 32.2. The Labute approximate surface area is 183 Å². The fourth-order valence-electron chi connectivity index (χ4n) is 3.44. The van der Waals surface area contributed by atoms with E-state index < -0.39 is 10.0 Å². The van der Waals surface area contributed by atoms with E-state index in [4.69, 9.17) is 9.47 Å². The van der Waals surface area contributed by atoms with Crippen LogP contribution in [0.1, 0.15) is 12.0 Å². The molecule has 1 aliphatic rings. The number of carbonyl (C=O) groups is 1. The predicted octanol–water partition coefficient (Wildman–Crippen LogP) is 1.11. The minimum Gasteiger partial charge on any atom is -0.497 e. The summed E-state index contributed by atoms with van der Waals surface area (Å²) in [4.78, 5) is 20.4. The molecule has 0 spiro atoms. The predicted molar refractivity (Wildman–Crippen MR) is 115 cm³/mol. The summed E-state index contributed by atoms with van der Waals surface area (Å²) in [6.07, 6.45) is 2.90. The van der Waals surface area contributed by atoms with Crippen LogP contribution >= 0.6 is 0 Å². The monoisotopic (exact) mass is 448 g/mol. The lowest BCUT2D eigenvalue weighted by atomic mass is 10.1. The molecule has 2 aromatic rings. The van der Waals surface area contributed by atoms with Gasteiger partial charge in [-0.1, -0.05) is 0 Å². The number of amides is 1. The van der Waals surface area contributed by atoms with Crippen LogP contribution in [0, 0.1) is 0 Å². The molecule has 1 N–H and O–H groups in total. The molecule has 10 heteroatoms. The van der Waals surface area contributed by atoms with Crippen LogP contribution in [0.2, 0.25) is 0 Å². The number of benzene rings is 1. The maximum Gasteiger partial charge on any atom is 0.242 e. The van der Waals surface area contributed by atoms with E-state index in [9.17, 15) is 13.2 Å². The van der Waals surface area contributed by atoms with E-state index in [1.807, 2.05) is 18.2 Å². The lowest BCUT2D eigenvalue weighted by Gasteiger charge is -2.35. The number of rotatable bonds is 9. The van der Waals surface area contributed by atoms with E-state index in [-0.39, 0.29) is 23.8 Å². The smallest absolute Gasteiger partial charge is 0.242 e. The summed E-state index contributed by atoms with van der Waals surface area (Å²) in [6.45, 7) is 3.41. The first-order valence-corrected chi connectivity index (χ1v) is 11.5. The molecule has 1 fully saturated rings. The summed E-state index contributed by atoms with van der Waals surface area (Å²) >= 11 is 0. The lowest BCUT2D eigenvalue weighted by molar-refractivity contribution is -0.132. The standard InChI is InChI=1S/C21H28N4O5S/c1-29-18-5-6-20(30-2)17(14-18)16-24-10-12-25(13-11-24)21(26)7-9-23-31(27,28)19-4-3-8-22-15-19/h3-6,8,14-15,23H,7,9-13,16H2,1-2H3. The van der Waals surface area contributed by atoms with Crippen molar-refractivity contribution in [1.82, 2.24) is 19.5 Å². The Bertz CT molecular complexity index is 977. The molecule has 168 valence electrons. The van der Waals surface area contributed by atoms with Gasteiger partial charge in [-0.3, -0.25) is 14.7 Å². The second kappa shape index (κ2) is 10.6. The van der Waals surface area contributed by atoms with Crippen molar-refractivity contribution in [2.75, 3.05) is 46.9 Å². The highest BCUT2D eigenvalue weighted by Gasteiger charge is 2.22. The molecule has 1 aromatic carbocycles. The number of sulfonamides is 1. The molecule has 0 saturated carbocycles. The molecule has 0 bridgehead atoms. The van der Waals surface area contributed by atoms with Gasteiger partial charge in [0, 0.05) is 63.6 Å². The van der Waals surface area contributed by atoms with Crippen molar-refractivity contribution in [3.8, 4) is 11.5 Å². The highest BCUT2D eigenvalue weighted by Crippen LogP contribution is 2.25. The zero-order valence-corrected chi connectivity index (χ0v) is 18.6. The molecule has 1 saturated heterocycles. The topological polar surface area (TPSA) is 101 Å². The van der Waals surface area contributed by atoms with E-state index in [0.717, 1.165) is 30.2 Å². The average Bonchev–Trinajstić information content (AvgIpc) is 2.80. The fourth-order valence-corrected chi connectivity index (χ4v) is 4.44. The molecule has 0 unspecified atom stereocenters. The number of ether oxygens (including phenoxy) is 2. The normalized spacial score (nSPS) is 15.0. The molecule has 0 atom stereocenters. The molecule has 31 heavy (non-hydrogen) atoms. The molecule has 0 aliphatic carbocycles. The first-order valence-electron chi connectivity index (χ1n) is 10.0. The molecule has 3 rings (SSSR count). The SMILES string of the molecule is COc1ccc(OC)c(CN2CCN(C(=O)CCNS(=O)(=O)c3cccnc3)CC2)c1. The van der Waals surface area contributed by atoms with Gasteiger partial charge in [0.15, 0.2) is 0 Å². The first-order chi connectivity index (χ1) is 14.9. The number of piperazine rings is 1. The average molecular weight is 449 g/mol. The first kappa shape index (κ1) is 23.0. The van der Waals surface area contributed by atoms with E-state index in [1.54, 1.807) is 25.2 Å². The van der Waals surface area contributed by atoms with E-state index in [0.29, 0.717) is 19.6 Å². The van der Waals surface area contributed by atoms with Crippen molar-refractivity contribution in [2.24, 2.45) is 0 Å². The lowest BCUT2D eigenvalue weighted by Crippen LogP contribution is -2.48. The number of carbonyl (C=O) groups excluding carboxylic acids is 1. The van der Waals surface area contributed by atoms with Gasteiger partial charge < -0.3 is 14.4 Å². The Balaban J connectivity index is 1.46. The van der Waals surface area contributed by atoms with Crippen molar-refractivity contribution in [1.29, 1.82) is 0 Å². The van der Waals surface area contributed by atoms with Crippen LogP contribution in [0.15, 0.2) is 47.6 Å². The van der Waals surface area contributed by atoms with Gasteiger partial charge in [-0.15, -0.1) is 0 Å². The zero-order valence-electron chi connectivity index (χ0n) is 17.8. The second-order valence-corrected chi connectivity index (χ2v) is 8.94. The Morgan fingerprint density at radius 2 is 1.90 bits per heavy atom. The third-order valence-electron chi connectivity index (χ3n) is 5.18. The van der Waals surface area contributed by atoms with Crippen LogP contribution in [0.5, 0.6) is 11.5 Å². The number of aromatic nitrogens is 1. The van der Waals surface area contributed by atoms with Crippen LogP contribution in [0.3, 0.4) is 0 Å². The van der Waals surface area contributed by atoms with Crippen molar-refractivity contribution in [3.05, 3.63) is 48.3 Å². The summed E-state index contributed by atoms with van der Waals surface area (Å²) in [7, 11) is -0.381. The number of nitrogens with zero attached hydrogens (tertiary/aromatic N) is 3. The van der Waals surface area contributed by atoms with Crippen LogP contribution in [-0.4, -0.2) is 76.1 Å². The fraction of sp³-hybridized carbons (Fsp3) is 0.429. The molecular weight excluding hydrogens is 420 g/mol. The van der Waals surface area contributed by atoms with Crippen molar-refractivity contribution >= 4 is 15.9 Å². The summed E-state index contributed by atoms with van der Waals surface area (Å²) in [6, 6.07) is 8.74. The Morgan fingerprint density at radius 1 is 1.13 bits per heavy atom. The molecular formula is C21H28N4O5S. The van der Waals surface area contributed by atoms with Gasteiger partial charge in [-0.25, -0.2) is 13.1 Å². The Kier molecular flexibility index (Phi) is 7.83. The van der Waals surface area contributed by atoms with Gasteiger partial charge in [-0.05, 0) is 30.3 Å². The van der Waals surface area contributed by atoms with Gasteiger partial charge in [0.05, 0.1) is 14.2 Å². The maximum absolute atomic E-state index is 12.5. The largest absolute Gasteiger partial charge is 0.497 e. The molecule has 9 nitrogen and oxygen atoms in total. The quantitative estimate of drug-likeness (QED) is 0.613. The summed E-state index contributed by atoms with van der Waals surface area (Å²) < 4.78 is 37.6. The summed E-state index contributed by atoms with van der Waals surface area (Å²) in [5, 5.41) is 0. The van der Waals surface area contributed by atoms with E-state index in [2.05, 4.69) is 14.6 Å². The number of methoxy groups -OCH3 is 2. The maximum atomic E-state index is 12.5. The van der Waals surface area contributed by atoms with Gasteiger partial charge in [-0.2, -0.15) is 0 Å². The summed E-state index contributed by atoms with van der Waals surface area (Å²) in [5.41, 5.74) is 1.03. The van der Waals surface area contributed by atoms with Crippen LogP contribution < -0.4 is 14.2 Å². The number of hydrogen-bond acceptors (Lipinski definition) is 7. The minimum absolute atomic E-state index is 0.0529. The van der Waals surface area contributed by atoms with Crippen LogP contribution in [-0.2, 0) is 21.4 Å². The van der Waals surface area contributed by atoms with Crippen LogP contribution in [0.4, 0.5) is 0 Å². The van der Waals surface area contributed by atoms with Gasteiger partial charge in [0.2, 0.25) is 15.9 Å². The van der Waals surface area contributed by atoms with Crippen molar-refractivity contribution in [3.63, 3.8) is 0 Å². The number of hydrogen-bond donors (Lipinski definition) is 1. The highest BCUT2D eigenvalue weighted by molar-refractivity contribution is 7.89. The van der Waals surface area contributed by atoms with E-state index >= 15 is 0 Å².